The van der Waals surface area contributed by atoms with Crippen LogP contribution < -0.4 is 0 Å². The van der Waals surface area contributed by atoms with Crippen molar-refractivity contribution in [3.05, 3.63) is 139 Å². The Labute approximate surface area is 219 Å². The molecule has 34 heavy (non-hydrogen) atoms. The molecule has 0 bridgehead atoms. The highest BCUT2D eigenvalue weighted by Crippen LogP contribution is 2.73. The van der Waals surface area contributed by atoms with Crippen molar-refractivity contribution in [1.82, 2.24) is 0 Å². The van der Waals surface area contributed by atoms with Crippen molar-refractivity contribution in [1.29, 1.82) is 0 Å². The van der Waals surface area contributed by atoms with Gasteiger partial charge in [-0.15, -0.1) is 0 Å². The van der Waals surface area contributed by atoms with Crippen LogP contribution in [-0.4, -0.2) is 0 Å². The molecule has 6 rings (SSSR count). The SMILES string of the molecule is Clc1ccc(C2=C(c3ccc(Cl)cc3)C2C2C(c3ccc(Cl)cc3)C2c2ccc(Cl)cc2)cc1. The summed E-state index contributed by atoms with van der Waals surface area (Å²) in [6.45, 7) is 0. The summed E-state index contributed by atoms with van der Waals surface area (Å²) >= 11 is 24.8. The highest BCUT2D eigenvalue weighted by Gasteiger charge is 2.61. The predicted octanol–water partition coefficient (Wildman–Crippen LogP) is 10.0. The lowest BCUT2D eigenvalue weighted by Gasteiger charge is -2.04. The quantitative estimate of drug-likeness (QED) is 0.245. The van der Waals surface area contributed by atoms with Gasteiger partial charge in [-0.3, -0.25) is 0 Å². The van der Waals surface area contributed by atoms with Gasteiger partial charge in [0.1, 0.15) is 0 Å². The molecule has 4 heteroatoms. The van der Waals surface area contributed by atoms with Crippen molar-refractivity contribution < 1.29 is 0 Å². The summed E-state index contributed by atoms with van der Waals surface area (Å²) < 4.78 is 0. The maximum atomic E-state index is 6.21. The summed E-state index contributed by atoms with van der Waals surface area (Å²) in [7, 11) is 0. The van der Waals surface area contributed by atoms with Gasteiger partial charge in [0.15, 0.2) is 0 Å². The third-order valence-corrected chi connectivity index (χ3v) is 8.12. The first-order valence-electron chi connectivity index (χ1n) is 11.3. The molecular weight excluding hydrogens is 502 g/mol. The van der Waals surface area contributed by atoms with Crippen LogP contribution in [0.25, 0.3) is 11.1 Å². The first kappa shape index (κ1) is 22.3. The molecule has 4 aromatic carbocycles. The van der Waals surface area contributed by atoms with Gasteiger partial charge in [-0.2, -0.15) is 0 Å². The Morgan fingerprint density at radius 1 is 0.382 bits per heavy atom. The third kappa shape index (κ3) is 4.08. The largest absolute Gasteiger partial charge is 0.0843 e. The van der Waals surface area contributed by atoms with Gasteiger partial charge in [0, 0.05) is 26.0 Å². The molecule has 0 amide bonds. The fourth-order valence-electron chi connectivity index (χ4n) is 5.53. The van der Waals surface area contributed by atoms with Crippen molar-refractivity contribution in [2.24, 2.45) is 11.8 Å². The van der Waals surface area contributed by atoms with Crippen molar-refractivity contribution in [3.63, 3.8) is 0 Å². The van der Waals surface area contributed by atoms with Gasteiger partial charge < -0.3 is 0 Å². The summed E-state index contributed by atoms with van der Waals surface area (Å²) in [5.74, 6) is 1.65. The van der Waals surface area contributed by atoms with Crippen LogP contribution in [0.3, 0.4) is 0 Å². The maximum absolute atomic E-state index is 6.21. The summed E-state index contributed by atoms with van der Waals surface area (Å²) in [5.41, 5.74) is 7.92. The summed E-state index contributed by atoms with van der Waals surface area (Å²) in [6, 6.07) is 33.0. The summed E-state index contributed by atoms with van der Waals surface area (Å²) in [5, 5.41) is 3.02. The number of halogens is 4. The number of hydrogen-bond donors (Lipinski definition) is 0. The molecule has 2 atom stereocenters. The monoisotopic (exact) mass is 520 g/mol. The van der Waals surface area contributed by atoms with Gasteiger partial charge in [0.2, 0.25) is 0 Å². The van der Waals surface area contributed by atoms with Gasteiger partial charge in [-0.05, 0) is 99.7 Å². The Hall–Kier alpha value is -2.22. The zero-order valence-corrected chi connectivity index (χ0v) is 21.1. The fourth-order valence-corrected chi connectivity index (χ4v) is 6.04. The Bertz CT molecular complexity index is 1260. The van der Waals surface area contributed by atoms with E-state index in [1.54, 1.807) is 0 Å². The summed E-state index contributed by atoms with van der Waals surface area (Å²) in [6.07, 6.45) is 0. The minimum absolute atomic E-state index is 0.365. The zero-order valence-electron chi connectivity index (χ0n) is 18.1. The van der Waals surface area contributed by atoms with Gasteiger partial charge >= 0.3 is 0 Å². The average Bonchev–Trinajstić information content (AvgIpc) is 3.74. The van der Waals surface area contributed by atoms with E-state index in [4.69, 9.17) is 46.4 Å². The van der Waals surface area contributed by atoms with Crippen molar-refractivity contribution in [2.45, 2.75) is 11.8 Å². The van der Waals surface area contributed by atoms with E-state index in [-0.39, 0.29) is 0 Å². The van der Waals surface area contributed by atoms with Crippen LogP contribution in [0.1, 0.15) is 34.1 Å². The number of hydrogen-bond acceptors (Lipinski definition) is 0. The molecule has 0 N–H and O–H groups in total. The van der Waals surface area contributed by atoms with Crippen molar-refractivity contribution >= 4 is 57.5 Å². The second-order valence-electron chi connectivity index (χ2n) is 9.05. The second-order valence-corrected chi connectivity index (χ2v) is 10.8. The lowest BCUT2D eigenvalue weighted by molar-refractivity contribution is 0.740. The zero-order chi connectivity index (χ0) is 23.4. The molecule has 0 radical (unpaired) electrons. The average molecular weight is 522 g/mol. The topological polar surface area (TPSA) is 0 Å². The van der Waals surface area contributed by atoms with Crippen LogP contribution >= 0.6 is 46.4 Å². The van der Waals surface area contributed by atoms with Crippen LogP contribution in [0.15, 0.2) is 97.1 Å². The molecule has 1 fully saturated rings. The van der Waals surface area contributed by atoms with Crippen LogP contribution in [0.4, 0.5) is 0 Å². The molecule has 2 unspecified atom stereocenters. The van der Waals surface area contributed by atoms with Crippen LogP contribution in [0, 0.1) is 11.8 Å². The highest BCUT2D eigenvalue weighted by molar-refractivity contribution is 6.31. The molecule has 0 spiro atoms. The minimum Gasteiger partial charge on any atom is -0.0843 e. The third-order valence-electron chi connectivity index (χ3n) is 7.11. The van der Waals surface area contributed by atoms with Gasteiger partial charge in [-0.25, -0.2) is 0 Å². The summed E-state index contributed by atoms with van der Waals surface area (Å²) in [4.78, 5) is 0. The van der Waals surface area contributed by atoms with Crippen LogP contribution in [-0.2, 0) is 0 Å². The molecule has 0 saturated heterocycles. The maximum Gasteiger partial charge on any atom is 0.0406 e. The van der Waals surface area contributed by atoms with Crippen molar-refractivity contribution in [3.8, 4) is 0 Å². The van der Waals surface area contributed by atoms with E-state index in [1.165, 1.54) is 33.4 Å². The molecule has 0 nitrogen and oxygen atoms in total. The van der Waals surface area contributed by atoms with Crippen LogP contribution in [0.5, 0.6) is 0 Å². The molecule has 2 aliphatic carbocycles. The second kappa shape index (κ2) is 8.77. The molecule has 0 aromatic heterocycles. The minimum atomic E-state index is 0.365. The van der Waals surface area contributed by atoms with Crippen LogP contribution in [0.2, 0.25) is 20.1 Å². The van der Waals surface area contributed by atoms with Gasteiger partial charge in [0.05, 0.1) is 0 Å². The standard InChI is InChI=1S/C30H20Cl4/c31-21-9-1-17(2-10-21)25-26(18-3-11-22(32)12-4-18)29(25)30-27(19-5-13-23(33)14-6-19)28(30)20-7-15-24(34)16-8-20/h1-16,25-26,29-30H. The lowest BCUT2D eigenvalue weighted by atomic mass is 10.00. The molecule has 4 aromatic rings. The molecule has 0 heterocycles. The highest BCUT2D eigenvalue weighted by atomic mass is 35.5. The van der Waals surface area contributed by atoms with E-state index in [2.05, 4.69) is 48.5 Å². The molecular formula is C30H20Cl4. The smallest absolute Gasteiger partial charge is 0.0406 e. The Kier molecular flexibility index (Phi) is 5.74. The number of allylic oxidation sites excluding steroid dienone is 2. The number of benzene rings is 4. The van der Waals surface area contributed by atoms with Gasteiger partial charge in [-0.1, -0.05) is 94.9 Å². The van der Waals surface area contributed by atoms with E-state index in [0.29, 0.717) is 23.7 Å². The fraction of sp³-hybridized carbons (Fsp3) is 0.133. The van der Waals surface area contributed by atoms with Crippen molar-refractivity contribution in [2.75, 3.05) is 0 Å². The van der Waals surface area contributed by atoms with E-state index in [9.17, 15) is 0 Å². The van der Waals surface area contributed by atoms with E-state index in [0.717, 1.165) is 20.1 Å². The lowest BCUT2D eigenvalue weighted by Crippen LogP contribution is -1.93. The number of rotatable bonds is 5. The molecule has 168 valence electrons. The molecule has 1 saturated carbocycles. The molecule has 2 aliphatic rings. The first-order valence-corrected chi connectivity index (χ1v) is 12.8. The van der Waals surface area contributed by atoms with E-state index in [1.807, 2.05) is 48.5 Å². The van der Waals surface area contributed by atoms with E-state index >= 15 is 0 Å². The Morgan fingerprint density at radius 3 is 1.00 bits per heavy atom. The van der Waals surface area contributed by atoms with Gasteiger partial charge in [0.25, 0.3) is 0 Å². The Balaban J connectivity index is 1.42. The first-order chi connectivity index (χ1) is 16.5. The van der Waals surface area contributed by atoms with E-state index < -0.39 is 0 Å². The normalized spacial score (nSPS) is 21.6. The molecule has 0 aliphatic heterocycles. The predicted molar refractivity (Wildman–Crippen MR) is 145 cm³/mol. The Morgan fingerprint density at radius 2 is 0.676 bits per heavy atom.